The zero-order chi connectivity index (χ0) is 11.1. The predicted molar refractivity (Wildman–Crippen MR) is 64.8 cm³/mol. The van der Waals surface area contributed by atoms with Crippen LogP contribution in [0.2, 0.25) is 0 Å². The number of hydrogen-bond acceptors (Lipinski definition) is 1. The second-order valence-corrected chi connectivity index (χ2v) is 3.69. The van der Waals surface area contributed by atoms with Crippen LogP contribution >= 0.6 is 0 Å². The van der Waals surface area contributed by atoms with Crippen LogP contribution in [-0.2, 0) is 10.3 Å². The molecule has 0 unspecified atom stereocenters. The summed E-state index contributed by atoms with van der Waals surface area (Å²) >= 11 is 0. The molecule has 1 nitrogen and oxygen atoms in total. The average Bonchev–Trinajstić information content (AvgIpc) is 2.28. The lowest BCUT2D eigenvalue weighted by molar-refractivity contribution is -0.0181. The second kappa shape index (κ2) is 5.52. The van der Waals surface area contributed by atoms with Crippen LogP contribution in [0.15, 0.2) is 55.6 Å². The molecule has 0 saturated carbocycles. The van der Waals surface area contributed by atoms with E-state index < -0.39 is 0 Å². The third kappa shape index (κ3) is 3.07. The molecule has 1 aromatic carbocycles. The van der Waals surface area contributed by atoms with Gasteiger partial charge in [-0.2, -0.15) is 0 Å². The molecule has 0 saturated heterocycles. The first-order valence-corrected chi connectivity index (χ1v) is 5.14. The fraction of sp³-hybridized carbons (Fsp3) is 0.286. The zero-order valence-corrected chi connectivity index (χ0v) is 9.28. The molecule has 15 heavy (non-hydrogen) atoms. The normalized spacial score (nSPS) is 14.2. The summed E-state index contributed by atoms with van der Waals surface area (Å²) in [7, 11) is 0. The SMILES string of the molecule is C=CCO[C@](C)(CC=C)c1ccccc1. The molecular weight excluding hydrogens is 184 g/mol. The van der Waals surface area contributed by atoms with Gasteiger partial charge < -0.3 is 4.74 Å². The van der Waals surface area contributed by atoms with Crippen molar-refractivity contribution in [3.63, 3.8) is 0 Å². The monoisotopic (exact) mass is 202 g/mol. The molecule has 0 radical (unpaired) electrons. The van der Waals surface area contributed by atoms with Gasteiger partial charge in [0.1, 0.15) is 0 Å². The van der Waals surface area contributed by atoms with E-state index in [1.165, 1.54) is 5.56 Å². The summed E-state index contributed by atoms with van der Waals surface area (Å²) in [6.45, 7) is 10.1. The molecule has 0 amide bonds. The smallest absolute Gasteiger partial charge is 0.0941 e. The van der Waals surface area contributed by atoms with E-state index >= 15 is 0 Å². The highest BCUT2D eigenvalue weighted by Gasteiger charge is 2.25. The fourth-order valence-corrected chi connectivity index (χ4v) is 1.57. The maximum absolute atomic E-state index is 5.82. The Morgan fingerprint density at radius 1 is 1.20 bits per heavy atom. The maximum atomic E-state index is 5.82. The van der Waals surface area contributed by atoms with E-state index in [9.17, 15) is 0 Å². The van der Waals surface area contributed by atoms with Gasteiger partial charge in [-0.1, -0.05) is 42.5 Å². The van der Waals surface area contributed by atoms with E-state index in [0.717, 1.165) is 6.42 Å². The predicted octanol–water partition coefficient (Wildman–Crippen LogP) is 3.68. The van der Waals surface area contributed by atoms with E-state index in [4.69, 9.17) is 4.74 Å². The van der Waals surface area contributed by atoms with Crippen LogP contribution in [-0.4, -0.2) is 6.61 Å². The van der Waals surface area contributed by atoms with Crippen molar-refractivity contribution in [2.45, 2.75) is 18.9 Å². The Labute approximate surface area is 92.1 Å². The van der Waals surface area contributed by atoms with Crippen LogP contribution in [0, 0.1) is 0 Å². The van der Waals surface area contributed by atoms with E-state index in [-0.39, 0.29) is 5.60 Å². The Bertz CT molecular complexity index is 315. The molecule has 1 atom stereocenters. The highest BCUT2D eigenvalue weighted by molar-refractivity contribution is 5.22. The molecule has 0 N–H and O–H groups in total. The molecule has 0 aromatic heterocycles. The first-order chi connectivity index (χ1) is 7.23. The molecule has 0 aliphatic rings. The van der Waals surface area contributed by atoms with Gasteiger partial charge in [0.2, 0.25) is 0 Å². The summed E-state index contributed by atoms with van der Waals surface area (Å²) in [4.78, 5) is 0. The fourth-order valence-electron chi connectivity index (χ4n) is 1.57. The first-order valence-electron chi connectivity index (χ1n) is 5.14. The van der Waals surface area contributed by atoms with E-state index in [1.807, 2.05) is 24.3 Å². The molecule has 1 rings (SSSR count). The van der Waals surface area contributed by atoms with E-state index in [1.54, 1.807) is 6.08 Å². The summed E-state index contributed by atoms with van der Waals surface area (Å²) in [6.07, 6.45) is 4.45. The molecular formula is C14H18O. The van der Waals surface area contributed by atoms with Gasteiger partial charge >= 0.3 is 0 Å². The minimum absolute atomic E-state index is 0.294. The number of hydrogen-bond donors (Lipinski definition) is 0. The van der Waals surface area contributed by atoms with Gasteiger partial charge in [0.05, 0.1) is 12.2 Å². The lowest BCUT2D eigenvalue weighted by Gasteiger charge is -2.29. The quantitative estimate of drug-likeness (QED) is 0.639. The molecule has 1 heteroatoms. The van der Waals surface area contributed by atoms with Gasteiger partial charge in [-0.3, -0.25) is 0 Å². The molecule has 1 aromatic rings. The average molecular weight is 202 g/mol. The third-order valence-electron chi connectivity index (χ3n) is 2.44. The molecule has 80 valence electrons. The van der Waals surface area contributed by atoms with Crippen LogP contribution in [0.3, 0.4) is 0 Å². The van der Waals surface area contributed by atoms with Crippen LogP contribution in [0.4, 0.5) is 0 Å². The molecule has 0 heterocycles. The van der Waals surface area contributed by atoms with Gasteiger partial charge in [-0.15, -0.1) is 13.2 Å². The topological polar surface area (TPSA) is 9.23 Å². The Kier molecular flexibility index (Phi) is 4.32. The Morgan fingerprint density at radius 3 is 2.40 bits per heavy atom. The van der Waals surface area contributed by atoms with Gasteiger partial charge in [0.15, 0.2) is 0 Å². The standard InChI is InChI=1S/C14H18O/c1-4-11-14(3,15-12-5-2)13-9-7-6-8-10-13/h4-10H,1-2,11-12H2,3H3/t14-/m1/s1. The Morgan fingerprint density at radius 2 is 1.87 bits per heavy atom. The minimum atomic E-state index is -0.294. The molecule has 0 bridgehead atoms. The number of rotatable bonds is 6. The van der Waals surface area contributed by atoms with Crippen molar-refractivity contribution in [2.24, 2.45) is 0 Å². The van der Waals surface area contributed by atoms with Crippen molar-refractivity contribution in [1.29, 1.82) is 0 Å². The molecule has 0 aliphatic carbocycles. The van der Waals surface area contributed by atoms with Crippen LogP contribution in [0.1, 0.15) is 18.9 Å². The third-order valence-corrected chi connectivity index (χ3v) is 2.44. The highest BCUT2D eigenvalue weighted by atomic mass is 16.5. The van der Waals surface area contributed by atoms with Crippen LogP contribution in [0.25, 0.3) is 0 Å². The maximum Gasteiger partial charge on any atom is 0.0941 e. The minimum Gasteiger partial charge on any atom is -0.366 e. The second-order valence-electron chi connectivity index (χ2n) is 3.69. The molecule has 0 fully saturated rings. The van der Waals surface area contributed by atoms with Crippen LogP contribution < -0.4 is 0 Å². The van der Waals surface area contributed by atoms with Crippen molar-refractivity contribution in [3.8, 4) is 0 Å². The Hall–Kier alpha value is -1.34. The summed E-state index contributed by atoms with van der Waals surface area (Å²) in [5.74, 6) is 0. The number of benzene rings is 1. The van der Waals surface area contributed by atoms with Crippen molar-refractivity contribution in [1.82, 2.24) is 0 Å². The summed E-state index contributed by atoms with van der Waals surface area (Å²) in [5, 5.41) is 0. The van der Waals surface area contributed by atoms with Gasteiger partial charge in [0, 0.05) is 0 Å². The summed E-state index contributed by atoms with van der Waals surface area (Å²) in [6, 6.07) is 10.2. The van der Waals surface area contributed by atoms with Gasteiger partial charge in [-0.05, 0) is 18.9 Å². The highest BCUT2D eigenvalue weighted by Crippen LogP contribution is 2.29. The van der Waals surface area contributed by atoms with Crippen molar-refractivity contribution >= 4 is 0 Å². The number of ether oxygens (including phenoxy) is 1. The zero-order valence-electron chi connectivity index (χ0n) is 9.28. The van der Waals surface area contributed by atoms with Crippen molar-refractivity contribution in [3.05, 3.63) is 61.2 Å². The first kappa shape index (κ1) is 11.7. The van der Waals surface area contributed by atoms with E-state index in [0.29, 0.717) is 6.61 Å². The van der Waals surface area contributed by atoms with Gasteiger partial charge in [0.25, 0.3) is 0 Å². The van der Waals surface area contributed by atoms with Crippen LogP contribution in [0.5, 0.6) is 0 Å². The summed E-state index contributed by atoms with van der Waals surface area (Å²) in [5.41, 5.74) is 0.878. The Balaban J connectivity index is 2.89. The lowest BCUT2D eigenvalue weighted by Crippen LogP contribution is -2.25. The van der Waals surface area contributed by atoms with Crippen molar-refractivity contribution in [2.75, 3.05) is 6.61 Å². The van der Waals surface area contributed by atoms with E-state index in [2.05, 4.69) is 32.2 Å². The van der Waals surface area contributed by atoms with Crippen molar-refractivity contribution < 1.29 is 4.74 Å². The summed E-state index contributed by atoms with van der Waals surface area (Å²) < 4.78 is 5.82. The van der Waals surface area contributed by atoms with Gasteiger partial charge in [-0.25, -0.2) is 0 Å². The lowest BCUT2D eigenvalue weighted by atomic mass is 9.92. The largest absolute Gasteiger partial charge is 0.366 e. The molecule has 0 spiro atoms. The molecule has 0 aliphatic heterocycles.